The highest BCUT2D eigenvalue weighted by Gasteiger charge is 2.06. The second kappa shape index (κ2) is 7.19. The van der Waals surface area contributed by atoms with Crippen molar-refractivity contribution in [2.75, 3.05) is 13.7 Å². The van der Waals surface area contributed by atoms with Gasteiger partial charge in [-0.15, -0.1) is 0 Å². The lowest BCUT2D eigenvalue weighted by Crippen LogP contribution is -2.24. The Morgan fingerprint density at radius 3 is 2.20 bits per heavy atom. The van der Waals surface area contributed by atoms with Gasteiger partial charge in [-0.25, -0.2) is 0 Å². The molecular weight excluding hydrogens is 254 g/mol. The van der Waals surface area contributed by atoms with E-state index in [1.807, 2.05) is 48.5 Å². The van der Waals surface area contributed by atoms with Crippen LogP contribution < -0.4 is 14.8 Å². The molecule has 2 rings (SSSR count). The zero-order chi connectivity index (χ0) is 14.2. The van der Waals surface area contributed by atoms with Crippen molar-refractivity contribution in [2.45, 2.75) is 6.61 Å². The van der Waals surface area contributed by atoms with Crippen molar-refractivity contribution in [3.63, 3.8) is 0 Å². The van der Waals surface area contributed by atoms with Crippen LogP contribution in [0.1, 0.15) is 5.56 Å². The van der Waals surface area contributed by atoms with Crippen LogP contribution in [0.3, 0.4) is 0 Å². The quantitative estimate of drug-likeness (QED) is 0.877. The molecule has 2 aromatic rings. The molecule has 0 fully saturated rings. The zero-order valence-corrected chi connectivity index (χ0v) is 11.3. The summed E-state index contributed by atoms with van der Waals surface area (Å²) in [5.74, 6) is 1.01. The fraction of sp³-hybridized carbons (Fsp3) is 0.188. The molecule has 0 saturated heterocycles. The summed E-state index contributed by atoms with van der Waals surface area (Å²) in [5.41, 5.74) is 1.08. The van der Waals surface area contributed by atoms with Gasteiger partial charge in [0.25, 0.3) is 5.91 Å². The number of carbonyl (C=O) groups is 1. The van der Waals surface area contributed by atoms with Crippen LogP contribution in [-0.4, -0.2) is 19.6 Å². The minimum atomic E-state index is -0.178. The predicted molar refractivity (Wildman–Crippen MR) is 76.8 cm³/mol. The van der Waals surface area contributed by atoms with Gasteiger partial charge in [-0.1, -0.05) is 42.5 Å². The normalized spacial score (nSPS) is 9.85. The van der Waals surface area contributed by atoms with E-state index in [1.54, 1.807) is 13.1 Å². The van der Waals surface area contributed by atoms with Crippen LogP contribution in [0.2, 0.25) is 0 Å². The molecule has 0 radical (unpaired) electrons. The number of likely N-dealkylation sites (N-methyl/N-ethyl adjacent to an activating group) is 1. The first-order chi connectivity index (χ1) is 9.79. The number of para-hydroxylation sites is 2. The average molecular weight is 271 g/mol. The summed E-state index contributed by atoms with van der Waals surface area (Å²) in [5, 5.41) is 2.51. The number of hydrogen-bond donors (Lipinski definition) is 1. The van der Waals surface area contributed by atoms with Crippen LogP contribution in [0.5, 0.6) is 11.5 Å². The molecule has 0 aromatic heterocycles. The van der Waals surface area contributed by atoms with Crippen molar-refractivity contribution < 1.29 is 14.3 Å². The summed E-state index contributed by atoms with van der Waals surface area (Å²) < 4.78 is 11.2. The zero-order valence-electron chi connectivity index (χ0n) is 11.3. The molecule has 0 atom stereocenters. The van der Waals surface area contributed by atoms with E-state index in [0.717, 1.165) is 5.56 Å². The number of hydrogen-bond acceptors (Lipinski definition) is 3. The highest BCUT2D eigenvalue weighted by Crippen LogP contribution is 2.27. The third-order valence-corrected chi connectivity index (χ3v) is 2.72. The average Bonchev–Trinajstić information content (AvgIpc) is 2.52. The summed E-state index contributed by atoms with van der Waals surface area (Å²) in [6.45, 7) is 0.434. The van der Waals surface area contributed by atoms with Crippen molar-refractivity contribution in [3.05, 3.63) is 60.2 Å². The molecule has 104 valence electrons. The molecule has 2 aromatic carbocycles. The van der Waals surface area contributed by atoms with Gasteiger partial charge in [0.15, 0.2) is 18.1 Å². The Labute approximate surface area is 118 Å². The van der Waals surface area contributed by atoms with Crippen LogP contribution in [0.4, 0.5) is 0 Å². The SMILES string of the molecule is CNC(=O)COc1ccccc1OCc1ccccc1. The van der Waals surface area contributed by atoms with Crippen molar-refractivity contribution in [2.24, 2.45) is 0 Å². The predicted octanol–water partition coefficient (Wildman–Crippen LogP) is 2.39. The van der Waals surface area contributed by atoms with Crippen LogP contribution >= 0.6 is 0 Å². The third kappa shape index (κ3) is 4.02. The molecule has 4 nitrogen and oxygen atoms in total. The Balaban J connectivity index is 1.98. The summed E-state index contributed by atoms with van der Waals surface area (Å²) in [7, 11) is 1.57. The number of amides is 1. The fourth-order valence-electron chi connectivity index (χ4n) is 1.64. The lowest BCUT2D eigenvalue weighted by molar-refractivity contribution is -0.122. The number of benzene rings is 2. The number of carbonyl (C=O) groups excluding carboxylic acids is 1. The van der Waals surface area contributed by atoms with Crippen molar-refractivity contribution in [1.29, 1.82) is 0 Å². The summed E-state index contributed by atoms with van der Waals surface area (Å²) in [6.07, 6.45) is 0. The van der Waals surface area contributed by atoms with E-state index in [-0.39, 0.29) is 12.5 Å². The summed E-state index contributed by atoms with van der Waals surface area (Å²) >= 11 is 0. The Kier molecular flexibility index (Phi) is 5.00. The largest absolute Gasteiger partial charge is 0.485 e. The molecule has 0 spiro atoms. The minimum Gasteiger partial charge on any atom is -0.485 e. The maximum absolute atomic E-state index is 11.2. The van der Waals surface area contributed by atoms with Crippen LogP contribution in [-0.2, 0) is 11.4 Å². The Bertz CT molecular complexity index is 555. The van der Waals surface area contributed by atoms with Crippen molar-refractivity contribution >= 4 is 5.91 Å². The maximum Gasteiger partial charge on any atom is 0.257 e. The fourth-order valence-corrected chi connectivity index (χ4v) is 1.64. The molecule has 0 unspecified atom stereocenters. The summed E-state index contributed by atoms with van der Waals surface area (Å²) in [6, 6.07) is 17.2. The molecule has 0 heterocycles. The maximum atomic E-state index is 11.2. The van der Waals surface area contributed by atoms with E-state index >= 15 is 0 Å². The molecule has 0 aliphatic carbocycles. The van der Waals surface area contributed by atoms with Crippen molar-refractivity contribution in [3.8, 4) is 11.5 Å². The monoisotopic (exact) mass is 271 g/mol. The second-order valence-corrected chi connectivity index (χ2v) is 4.18. The van der Waals surface area contributed by atoms with E-state index in [9.17, 15) is 4.79 Å². The lowest BCUT2D eigenvalue weighted by atomic mass is 10.2. The first-order valence-corrected chi connectivity index (χ1v) is 6.38. The van der Waals surface area contributed by atoms with Gasteiger partial charge < -0.3 is 14.8 Å². The van der Waals surface area contributed by atoms with Gasteiger partial charge in [0, 0.05) is 7.05 Å². The number of rotatable bonds is 6. The molecule has 20 heavy (non-hydrogen) atoms. The first kappa shape index (κ1) is 13.9. The molecule has 4 heteroatoms. The van der Waals surface area contributed by atoms with Crippen LogP contribution in [0.25, 0.3) is 0 Å². The van der Waals surface area contributed by atoms with Gasteiger partial charge >= 0.3 is 0 Å². The smallest absolute Gasteiger partial charge is 0.257 e. The first-order valence-electron chi connectivity index (χ1n) is 6.38. The highest BCUT2D eigenvalue weighted by atomic mass is 16.5. The second-order valence-electron chi connectivity index (χ2n) is 4.18. The van der Waals surface area contributed by atoms with Crippen molar-refractivity contribution in [1.82, 2.24) is 5.32 Å². The van der Waals surface area contributed by atoms with Gasteiger partial charge in [-0.2, -0.15) is 0 Å². The number of ether oxygens (including phenoxy) is 2. The van der Waals surface area contributed by atoms with Gasteiger partial charge in [0.2, 0.25) is 0 Å². The van der Waals surface area contributed by atoms with E-state index in [4.69, 9.17) is 9.47 Å². The lowest BCUT2D eigenvalue weighted by Gasteiger charge is -2.12. The van der Waals surface area contributed by atoms with E-state index in [1.165, 1.54) is 0 Å². The standard InChI is InChI=1S/C16H17NO3/c1-17-16(18)12-20-15-10-6-5-9-14(15)19-11-13-7-3-2-4-8-13/h2-10H,11-12H2,1H3,(H,17,18). The van der Waals surface area contributed by atoms with Crippen LogP contribution in [0, 0.1) is 0 Å². The molecule has 0 aliphatic heterocycles. The van der Waals surface area contributed by atoms with Gasteiger partial charge in [0.05, 0.1) is 0 Å². The van der Waals surface area contributed by atoms with E-state index in [2.05, 4.69) is 5.32 Å². The topological polar surface area (TPSA) is 47.6 Å². The highest BCUT2D eigenvalue weighted by molar-refractivity contribution is 5.77. The van der Waals surface area contributed by atoms with Crippen LogP contribution in [0.15, 0.2) is 54.6 Å². The molecule has 1 amide bonds. The van der Waals surface area contributed by atoms with E-state index < -0.39 is 0 Å². The third-order valence-electron chi connectivity index (χ3n) is 2.72. The molecule has 0 saturated carbocycles. The Hall–Kier alpha value is -2.49. The van der Waals surface area contributed by atoms with E-state index in [0.29, 0.717) is 18.1 Å². The molecule has 1 N–H and O–H groups in total. The summed E-state index contributed by atoms with van der Waals surface area (Å²) in [4.78, 5) is 11.2. The minimum absolute atomic E-state index is 0.0256. The number of nitrogens with one attached hydrogen (secondary N) is 1. The van der Waals surface area contributed by atoms with Gasteiger partial charge in [-0.3, -0.25) is 4.79 Å². The molecule has 0 aliphatic rings. The molecular formula is C16H17NO3. The Morgan fingerprint density at radius 2 is 1.55 bits per heavy atom. The Morgan fingerprint density at radius 1 is 0.950 bits per heavy atom. The van der Waals surface area contributed by atoms with Gasteiger partial charge in [0.1, 0.15) is 6.61 Å². The molecule has 0 bridgehead atoms. The van der Waals surface area contributed by atoms with Gasteiger partial charge in [-0.05, 0) is 17.7 Å².